The van der Waals surface area contributed by atoms with E-state index in [1.807, 2.05) is 0 Å². The summed E-state index contributed by atoms with van der Waals surface area (Å²) >= 11 is 0. The molecule has 0 aromatic carbocycles. The maximum atomic E-state index is 12.8. The summed E-state index contributed by atoms with van der Waals surface area (Å²) in [7, 11) is 0. The minimum atomic E-state index is -0.807. The topological polar surface area (TPSA) is 78.9 Å². The molecule has 0 rings (SSSR count). The lowest BCUT2D eigenvalue weighted by atomic mass is 10.1. The summed E-state index contributed by atoms with van der Waals surface area (Å²) in [5.74, 6) is -0.971. The molecule has 0 atom stereocenters. The number of allylic oxidation sites excluding steroid dienone is 18. The second-order valence-corrected chi connectivity index (χ2v) is 16.5. The molecule has 0 fully saturated rings. The molecule has 0 aromatic rings. The summed E-state index contributed by atoms with van der Waals surface area (Å²) < 4.78 is 16.7. The van der Waals surface area contributed by atoms with Gasteiger partial charge in [-0.25, -0.2) is 0 Å². The quantitative estimate of drug-likeness (QED) is 0.0263. The molecule has 0 unspecified atom stereocenters. The average Bonchev–Trinajstić information content (AvgIpc) is 3.28. The van der Waals surface area contributed by atoms with E-state index in [4.69, 9.17) is 14.2 Å². The van der Waals surface area contributed by atoms with E-state index in [9.17, 15) is 14.4 Å². The number of hydrogen-bond donors (Lipinski definition) is 0. The van der Waals surface area contributed by atoms with E-state index in [0.717, 1.165) is 135 Å². The lowest BCUT2D eigenvalue weighted by molar-refractivity contribution is -0.167. The van der Waals surface area contributed by atoms with E-state index in [1.54, 1.807) is 0 Å². The summed E-state index contributed by atoms with van der Waals surface area (Å²) in [6.45, 7) is 6.41. The second-order valence-electron chi connectivity index (χ2n) is 16.5. The lowest BCUT2D eigenvalue weighted by Gasteiger charge is -2.18. The third-order valence-electron chi connectivity index (χ3n) is 10.4. The Kier molecular flexibility index (Phi) is 47.5. The van der Waals surface area contributed by atoms with Crippen LogP contribution < -0.4 is 0 Å². The fraction of sp³-hybridized carbons (Fsp3) is 0.632. The minimum absolute atomic E-state index is 0.106. The first-order valence-corrected chi connectivity index (χ1v) is 25.5. The van der Waals surface area contributed by atoms with Crippen molar-refractivity contribution in [2.45, 2.75) is 219 Å². The Balaban J connectivity index is 4.53. The highest BCUT2D eigenvalue weighted by molar-refractivity contribution is 5.71. The van der Waals surface area contributed by atoms with Gasteiger partial charge in [-0.15, -0.1) is 0 Å². The van der Waals surface area contributed by atoms with Gasteiger partial charge >= 0.3 is 17.9 Å². The third-order valence-corrected chi connectivity index (χ3v) is 10.4. The van der Waals surface area contributed by atoms with Gasteiger partial charge in [-0.05, 0) is 77.0 Å². The van der Waals surface area contributed by atoms with Crippen LogP contribution in [0.25, 0.3) is 0 Å². The summed E-state index contributed by atoms with van der Waals surface area (Å²) in [5.41, 5.74) is 0. The van der Waals surface area contributed by atoms with Gasteiger partial charge in [-0.1, -0.05) is 226 Å². The summed E-state index contributed by atoms with van der Waals surface area (Å²) in [6, 6.07) is 0. The largest absolute Gasteiger partial charge is 0.462 e. The van der Waals surface area contributed by atoms with Gasteiger partial charge in [0, 0.05) is 19.3 Å². The minimum Gasteiger partial charge on any atom is -0.462 e. The molecule has 0 aliphatic carbocycles. The lowest BCUT2D eigenvalue weighted by Crippen LogP contribution is -2.30. The fourth-order valence-electron chi connectivity index (χ4n) is 6.46. The van der Waals surface area contributed by atoms with Gasteiger partial charge < -0.3 is 14.2 Å². The molecule has 0 heterocycles. The molecule has 0 spiro atoms. The van der Waals surface area contributed by atoms with E-state index in [2.05, 4.69) is 130 Å². The molecule has 0 radical (unpaired) electrons. The molecule has 0 saturated carbocycles. The first-order chi connectivity index (χ1) is 31.0. The highest BCUT2D eigenvalue weighted by Gasteiger charge is 2.19. The monoisotopic (exact) mass is 873 g/mol. The summed E-state index contributed by atoms with van der Waals surface area (Å²) in [6.07, 6.45) is 67.7. The Morgan fingerprint density at radius 2 is 0.571 bits per heavy atom. The zero-order valence-electron chi connectivity index (χ0n) is 40.5. The number of rotatable bonds is 44. The Hall–Kier alpha value is -3.93. The number of carbonyl (C=O) groups is 3. The standard InChI is InChI=1S/C57H92O6/c1-4-7-10-13-16-19-22-25-28-31-34-37-40-43-46-49-55(58)61-52-54(63-57(60)51-48-45-42-39-36-33-30-27-24-21-18-15-12-9-6-3)53-62-56(59)50-47-44-41-38-35-32-29-26-23-20-17-14-11-8-5-2/h13-30,54H,4-12,31-53H2,1-3H3. The van der Waals surface area contributed by atoms with E-state index in [-0.39, 0.29) is 31.1 Å². The molecule has 356 valence electrons. The van der Waals surface area contributed by atoms with E-state index < -0.39 is 6.10 Å². The highest BCUT2D eigenvalue weighted by Crippen LogP contribution is 2.13. The molecule has 6 heteroatoms. The zero-order valence-corrected chi connectivity index (χ0v) is 40.5. The predicted molar refractivity (Wildman–Crippen MR) is 270 cm³/mol. The number of esters is 3. The number of ether oxygens (including phenoxy) is 3. The van der Waals surface area contributed by atoms with Crippen molar-refractivity contribution in [2.24, 2.45) is 0 Å². The van der Waals surface area contributed by atoms with Crippen molar-refractivity contribution in [1.29, 1.82) is 0 Å². The van der Waals surface area contributed by atoms with Crippen LogP contribution in [-0.2, 0) is 28.6 Å². The van der Waals surface area contributed by atoms with Gasteiger partial charge in [-0.3, -0.25) is 14.4 Å². The van der Waals surface area contributed by atoms with Crippen molar-refractivity contribution in [1.82, 2.24) is 0 Å². The van der Waals surface area contributed by atoms with Crippen LogP contribution in [-0.4, -0.2) is 37.2 Å². The first kappa shape index (κ1) is 59.1. The van der Waals surface area contributed by atoms with Crippen molar-refractivity contribution in [2.75, 3.05) is 13.2 Å². The SMILES string of the molecule is CCCCC=CC=CC=CCCCCCCCC(=O)OCC(COC(=O)CCCCCCCC=CC=CC=CCCCC)OC(=O)CCCCCCCC=CC=CC=CCCCC. The van der Waals surface area contributed by atoms with E-state index >= 15 is 0 Å². The fourth-order valence-corrected chi connectivity index (χ4v) is 6.46. The van der Waals surface area contributed by atoms with E-state index in [0.29, 0.717) is 19.3 Å². The predicted octanol–water partition coefficient (Wildman–Crippen LogP) is 16.8. The van der Waals surface area contributed by atoms with Crippen LogP contribution in [0.15, 0.2) is 109 Å². The Morgan fingerprint density at radius 3 is 0.873 bits per heavy atom. The molecule has 0 bridgehead atoms. The normalized spacial score (nSPS) is 13.0. The molecule has 0 N–H and O–H groups in total. The van der Waals surface area contributed by atoms with Crippen LogP contribution in [0.3, 0.4) is 0 Å². The molecular weight excluding hydrogens is 781 g/mol. The van der Waals surface area contributed by atoms with Crippen LogP contribution in [0.4, 0.5) is 0 Å². The van der Waals surface area contributed by atoms with E-state index in [1.165, 1.54) is 38.5 Å². The molecule has 0 aliphatic heterocycles. The van der Waals surface area contributed by atoms with Crippen molar-refractivity contribution < 1.29 is 28.6 Å². The first-order valence-electron chi connectivity index (χ1n) is 25.5. The van der Waals surface area contributed by atoms with Crippen LogP contribution in [0.2, 0.25) is 0 Å². The van der Waals surface area contributed by atoms with Crippen LogP contribution in [0.1, 0.15) is 213 Å². The summed E-state index contributed by atoms with van der Waals surface area (Å²) in [5, 5.41) is 0. The Morgan fingerprint density at radius 1 is 0.317 bits per heavy atom. The molecule has 6 nitrogen and oxygen atoms in total. The maximum absolute atomic E-state index is 12.8. The summed E-state index contributed by atoms with van der Waals surface area (Å²) in [4.78, 5) is 38.0. The van der Waals surface area contributed by atoms with Crippen molar-refractivity contribution in [3.63, 3.8) is 0 Å². The van der Waals surface area contributed by atoms with Crippen LogP contribution in [0, 0.1) is 0 Å². The molecule has 63 heavy (non-hydrogen) atoms. The van der Waals surface area contributed by atoms with Crippen LogP contribution >= 0.6 is 0 Å². The van der Waals surface area contributed by atoms with Crippen molar-refractivity contribution in [3.8, 4) is 0 Å². The van der Waals surface area contributed by atoms with Gasteiger partial charge in [0.15, 0.2) is 6.10 Å². The smallest absolute Gasteiger partial charge is 0.306 e. The zero-order chi connectivity index (χ0) is 45.8. The Bertz CT molecular complexity index is 1260. The van der Waals surface area contributed by atoms with Gasteiger partial charge in [0.1, 0.15) is 13.2 Å². The van der Waals surface area contributed by atoms with Gasteiger partial charge in [0.05, 0.1) is 0 Å². The molecular formula is C57H92O6. The number of carbonyl (C=O) groups excluding carboxylic acids is 3. The molecule has 0 aromatic heterocycles. The third kappa shape index (κ3) is 49.0. The highest BCUT2D eigenvalue weighted by atomic mass is 16.6. The number of unbranched alkanes of at least 4 members (excludes halogenated alkanes) is 21. The molecule has 0 saturated heterocycles. The second kappa shape index (κ2) is 50.7. The Labute approximate surface area is 387 Å². The maximum Gasteiger partial charge on any atom is 0.306 e. The van der Waals surface area contributed by atoms with Gasteiger partial charge in [0.2, 0.25) is 0 Å². The van der Waals surface area contributed by atoms with Crippen LogP contribution in [0.5, 0.6) is 0 Å². The van der Waals surface area contributed by atoms with Crippen molar-refractivity contribution in [3.05, 3.63) is 109 Å². The van der Waals surface area contributed by atoms with Gasteiger partial charge in [-0.2, -0.15) is 0 Å². The molecule has 0 amide bonds. The average molecular weight is 873 g/mol. The van der Waals surface area contributed by atoms with Gasteiger partial charge in [0.25, 0.3) is 0 Å². The van der Waals surface area contributed by atoms with Crippen molar-refractivity contribution >= 4 is 17.9 Å². The molecule has 0 aliphatic rings. The number of hydrogen-bond acceptors (Lipinski definition) is 6.